The number of rotatable bonds is 3. The Balaban J connectivity index is 2.28. The molecule has 1 fully saturated rings. The number of halogens is 1. The van der Waals surface area contributed by atoms with Gasteiger partial charge in [0.25, 0.3) is 0 Å². The van der Waals surface area contributed by atoms with Crippen LogP contribution in [-0.4, -0.2) is 24.9 Å². The molecule has 3 nitrogen and oxygen atoms in total. The van der Waals surface area contributed by atoms with Gasteiger partial charge in [-0.1, -0.05) is 29.8 Å². The Morgan fingerprint density at radius 2 is 2.24 bits per heavy atom. The molecule has 1 aliphatic rings. The third-order valence-corrected chi connectivity index (χ3v) is 3.88. The summed E-state index contributed by atoms with van der Waals surface area (Å²) in [5.74, 6) is 0. The van der Waals surface area contributed by atoms with Crippen molar-refractivity contribution in [3.05, 3.63) is 34.9 Å². The maximum atomic E-state index is 10.5. The van der Waals surface area contributed by atoms with Crippen LogP contribution in [0.3, 0.4) is 0 Å². The molecular weight excluding hydrogens is 238 g/mol. The van der Waals surface area contributed by atoms with Gasteiger partial charge in [-0.2, -0.15) is 0 Å². The molecule has 3 N–H and O–H groups in total. The van der Waals surface area contributed by atoms with Crippen LogP contribution in [0, 0.1) is 5.41 Å². The summed E-state index contributed by atoms with van der Waals surface area (Å²) in [4.78, 5) is 0. The van der Waals surface area contributed by atoms with Crippen molar-refractivity contribution < 1.29 is 9.84 Å². The molecule has 0 radical (unpaired) electrons. The van der Waals surface area contributed by atoms with E-state index in [1.165, 1.54) is 0 Å². The zero-order valence-electron chi connectivity index (χ0n) is 9.73. The fraction of sp³-hybridized carbons (Fsp3) is 0.538. The average Bonchev–Trinajstić information content (AvgIpc) is 2.39. The van der Waals surface area contributed by atoms with E-state index in [4.69, 9.17) is 22.1 Å². The van der Waals surface area contributed by atoms with Crippen LogP contribution in [0.1, 0.15) is 24.5 Å². The maximum absolute atomic E-state index is 10.5. The molecule has 1 saturated heterocycles. The number of aliphatic hydroxyl groups is 1. The summed E-state index contributed by atoms with van der Waals surface area (Å²) in [6.45, 7) is 1.65. The van der Waals surface area contributed by atoms with Gasteiger partial charge in [0.05, 0.1) is 12.7 Å². The standard InChI is InChI=1S/C13H18ClNO2/c14-11-5-2-1-4-10(11)12(16)13(8-15)6-3-7-17-9-13/h1-2,4-5,12,16H,3,6-9,15H2. The van der Waals surface area contributed by atoms with Gasteiger partial charge in [-0.25, -0.2) is 0 Å². The van der Waals surface area contributed by atoms with Crippen LogP contribution in [0.25, 0.3) is 0 Å². The summed E-state index contributed by atoms with van der Waals surface area (Å²) in [6.07, 6.45) is 1.13. The van der Waals surface area contributed by atoms with Crippen molar-refractivity contribution in [1.82, 2.24) is 0 Å². The minimum absolute atomic E-state index is 0.400. The first-order valence-electron chi connectivity index (χ1n) is 5.90. The molecule has 2 rings (SSSR count). The molecule has 1 aromatic carbocycles. The lowest BCUT2D eigenvalue weighted by Gasteiger charge is -2.40. The quantitative estimate of drug-likeness (QED) is 0.870. The molecule has 1 aliphatic heterocycles. The third kappa shape index (κ3) is 2.47. The smallest absolute Gasteiger partial charge is 0.0894 e. The van der Waals surface area contributed by atoms with E-state index in [-0.39, 0.29) is 0 Å². The first kappa shape index (κ1) is 12.8. The molecular formula is C13H18ClNO2. The van der Waals surface area contributed by atoms with E-state index in [1.54, 1.807) is 6.07 Å². The molecule has 0 spiro atoms. The van der Waals surface area contributed by atoms with Gasteiger partial charge in [0.1, 0.15) is 0 Å². The normalized spacial score (nSPS) is 26.8. The molecule has 0 saturated carbocycles. The monoisotopic (exact) mass is 255 g/mol. The Kier molecular flexibility index (Phi) is 4.05. The molecule has 2 atom stereocenters. The zero-order chi connectivity index (χ0) is 12.3. The van der Waals surface area contributed by atoms with Gasteiger partial charge in [-0.05, 0) is 24.5 Å². The molecule has 1 aromatic rings. The Morgan fingerprint density at radius 1 is 1.47 bits per heavy atom. The summed E-state index contributed by atoms with van der Waals surface area (Å²) in [7, 11) is 0. The number of ether oxygens (including phenoxy) is 1. The van der Waals surface area contributed by atoms with Crippen molar-refractivity contribution in [2.75, 3.05) is 19.8 Å². The molecule has 94 valence electrons. The Morgan fingerprint density at radius 3 is 2.82 bits per heavy atom. The minimum Gasteiger partial charge on any atom is -0.388 e. The number of nitrogens with two attached hydrogens (primary N) is 1. The lowest BCUT2D eigenvalue weighted by Crippen LogP contribution is -2.43. The second-order valence-electron chi connectivity index (χ2n) is 4.65. The van der Waals surface area contributed by atoms with E-state index in [2.05, 4.69) is 0 Å². The Labute approximate surface area is 107 Å². The maximum Gasteiger partial charge on any atom is 0.0894 e. The zero-order valence-corrected chi connectivity index (χ0v) is 10.5. The first-order chi connectivity index (χ1) is 8.19. The minimum atomic E-state index is -0.665. The van der Waals surface area contributed by atoms with Crippen LogP contribution in [0.5, 0.6) is 0 Å². The van der Waals surface area contributed by atoms with Crippen molar-refractivity contribution in [2.45, 2.75) is 18.9 Å². The average molecular weight is 256 g/mol. The van der Waals surface area contributed by atoms with E-state index in [0.29, 0.717) is 18.2 Å². The predicted octanol–water partition coefficient (Wildman–Crippen LogP) is 2.13. The van der Waals surface area contributed by atoms with Crippen molar-refractivity contribution in [3.63, 3.8) is 0 Å². The SMILES string of the molecule is NCC1(C(O)c2ccccc2Cl)CCCOC1. The fourth-order valence-corrected chi connectivity index (χ4v) is 2.63. The van der Waals surface area contributed by atoms with Crippen molar-refractivity contribution >= 4 is 11.6 Å². The molecule has 4 heteroatoms. The second-order valence-corrected chi connectivity index (χ2v) is 5.05. The van der Waals surface area contributed by atoms with E-state index in [9.17, 15) is 5.11 Å². The van der Waals surface area contributed by atoms with E-state index in [0.717, 1.165) is 25.0 Å². The van der Waals surface area contributed by atoms with Crippen molar-refractivity contribution in [1.29, 1.82) is 0 Å². The van der Waals surface area contributed by atoms with Gasteiger partial charge in [0.15, 0.2) is 0 Å². The predicted molar refractivity (Wildman–Crippen MR) is 68.0 cm³/mol. The van der Waals surface area contributed by atoms with Gasteiger partial charge in [-0.15, -0.1) is 0 Å². The van der Waals surface area contributed by atoms with Crippen molar-refractivity contribution in [3.8, 4) is 0 Å². The fourth-order valence-electron chi connectivity index (χ4n) is 2.39. The Hall–Kier alpha value is -0.610. The van der Waals surface area contributed by atoms with Gasteiger partial charge in [0, 0.05) is 23.6 Å². The van der Waals surface area contributed by atoms with Gasteiger partial charge in [0.2, 0.25) is 0 Å². The largest absolute Gasteiger partial charge is 0.388 e. The van der Waals surface area contributed by atoms with Crippen LogP contribution in [0.15, 0.2) is 24.3 Å². The molecule has 0 aliphatic carbocycles. The lowest BCUT2D eigenvalue weighted by atomic mass is 9.75. The van der Waals surface area contributed by atoms with Crippen LogP contribution >= 0.6 is 11.6 Å². The van der Waals surface area contributed by atoms with Crippen LogP contribution in [0.4, 0.5) is 0 Å². The third-order valence-electron chi connectivity index (χ3n) is 3.54. The molecule has 2 unspecified atom stereocenters. The summed E-state index contributed by atoms with van der Waals surface area (Å²) in [6, 6.07) is 7.36. The van der Waals surface area contributed by atoms with E-state index >= 15 is 0 Å². The van der Waals surface area contributed by atoms with Gasteiger partial charge in [-0.3, -0.25) is 0 Å². The van der Waals surface area contributed by atoms with Crippen LogP contribution in [-0.2, 0) is 4.74 Å². The summed E-state index contributed by atoms with van der Waals surface area (Å²) < 4.78 is 5.48. The molecule has 17 heavy (non-hydrogen) atoms. The molecule has 0 amide bonds. The number of aliphatic hydroxyl groups excluding tert-OH is 1. The van der Waals surface area contributed by atoms with Gasteiger partial charge >= 0.3 is 0 Å². The van der Waals surface area contributed by atoms with Crippen LogP contribution in [0.2, 0.25) is 5.02 Å². The summed E-state index contributed by atoms with van der Waals surface area (Å²) in [5, 5.41) is 11.1. The lowest BCUT2D eigenvalue weighted by molar-refractivity contribution is -0.0781. The highest BCUT2D eigenvalue weighted by atomic mass is 35.5. The topological polar surface area (TPSA) is 55.5 Å². The highest BCUT2D eigenvalue weighted by Gasteiger charge is 2.40. The summed E-state index contributed by atoms with van der Waals surface area (Å²) in [5.41, 5.74) is 6.18. The Bertz CT molecular complexity index is 377. The molecule has 0 aromatic heterocycles. The number of hydrogen-bond acceptors (Lipinski definition) is 3. The molecule has 0 bridgehead atoms. The number of benzene rings is 1. The van der Waals surface area contributed by atoms with E-state index in [1.807, 2.05) is 18.2 Å². The number of hydrogen-bond donors (Lipinski definition) is 2. The van der Waals surface area contributed by atoms with Gasteiger partial charge < -0.3 is 15.6 Å². The van der Waals surface area contributed by atoms with Crippen LogP contribution < -0.4 is 5.73 Å². The van der Waals surface area contributed by atoms with Crippen molar-refractivity contribution in [2.24, 2.45) is 11.1 Å². The first-order valence-corrected chi connectivity index (χ1v) is 6.28. The summed E-state index contributed by atoms with van der Waals surface area (Å²) >= 11 is 6.12. The highest BCUT2D eigenvalue weighted by molar-refractivity contribution is 6.31. The van der Waals surface area contributed by atoms with E-state index < -0.39 is 11.5 Å². The molecule has 1 heterocycles. The second kappa shape index (κ2) is 5.36. The highest BCUT2D eigenvalue weighted by Crippen LogP contribution is 2.41.